The first-order chi connectivity index (χ1) is 8.15. The number of thioether (sulfide) groups is 1. The van der Waals surface area contributed by atoms with Crippen LogP contribution in [-0.2, 0) is 0 Å². The molecule has 0 N–H and O–H groups in total. The molecule has 0 bridgehead atoms. The van der Waals surface area contributed by atoms with Gasteiger partial charge in [-0.25, -0.2) is 4.98 Å². The lowest BCUT2D eigenvalue weighted by Crippen LogP contribution is -1.92. The smallest absolute Gasteiger partial charge is 0.183 e. The molecule has 0 amide bonds. The molecule has 2 rings (SSSR count). The maximum atomic E-state index is 5.78. The molecule has 2 aromatic rings. The van der Waals surface area contributed by atoms with Crippen LogP contribution >= 0.6 is 23.4 Å². The summed E-state index contributed by atoms with van der Waals surface area (Å²) in [5, 5.41) is 8.66. The van der Waals surface area contributed by atoms with Crippen LogP contribution in [0.1, 0.15) is 13.8 Å². The molecule has 0 atom stereocenters. The molecule has 1 aromatic carbocycles. The standard InChI is InChI=1S/C12H12ClN3S/c1-8(2)17-10-5-3-9(4-6-10)12-15-11(13)7-14-16-12/h3-8H,1-2H3. The van der Waals surface area contributed by atoms with E-state index in [1.165, 1.54) is 11.1 Å². The molecule has 5 heteroatoms. The van der Waals surface area contributed by atoms with Gasteiger partial charge in [0.2, 0.25) is 0 Å². The van der Waals surface area contributed by atoms with Crippen molar-refractivity contribution in [2.45, 2.75) is 24.0 Å². The summed E-state index contributed by atoms with van der Waals surface area (Å²) in [4.78, 5) is 5.35. The molecule has 1 heterocycles. The van der Waals surface area contributed by atoms with Crippen LogP contribution in [0.4, 0.5) is 0 Å². The molecule has 1 aromatic heterocycles. The van der Waals surface area contributed by atoms with Crippen molar-refractivity contribution in [3.8, 4) is 11.4 Å². The lowest BCUT2D eigenvalue weighted by Gasteiger charge is -2.05. The van der Waals surface area contributed by atoms with Crippen LogP contribution in [0, 0.1) is 0 Å². The minimum absolute atomic E-state index is 0.357. The molecule has 0 unspecified atom stereocenters. The lowest BCUT2D eigenvalue weighted by atomic mass is 10.2. The fourth-order valence-corrected chi connectivity index (χ4v) is 2.32. The second-order valence-corrected chi connectivity index (χ2v) is 5.83. The Hall–Kier alpha value is -1.13. The Morgan fingerprint density at radius 3 is 2.47 bits per heavy atom. The van der Waals surface area contributed by atoms with Gasteiger partial charge in [-0.15, -0.1) is 16.9 Å². The van der Waals surface area contributed by atoms with Gasteiger partial charge in [-0.1, -0.05) is 37.6 Å². The molecular weight excluding hydrogens is 254 g/mol. The zero-order valence-electron chi connectivity index (χ0n) is 9.59. The summed E-state index contributed by atoms with van der Waals surface area (Å²) in [6.45, 7) is 4.34. The molecule has 0 aliphatic carbocycles. The third kappa shape index (κ3) is 3.41. The van der Waals surface area contributed by atoms with E-state index in [-0.39, 0.29) is 0 Å². The summed E-state index contributed by atoms with van der Waals surface area (Å²) in [6.07, 6.45) is 1.42. The van der Waals surface area contributed by atoms with Crippen LogP contribution in [0.5, 0.6) is 0 Å². The molecule has 17 heavy (non-hydrogen) atoms. The Balaban J connectivity index is 2.23. The third-order valence-electron chi connectivity index (χ3n) is 2.01. The Kier molecular flexibility index (Phi) is 3.97. The Labute approximate surface area is 110 Å². The maximum absolute atomic E-state index is 5.78. The van der Waals surface area contributed by atoms with Crippen molar-refractivity contribution in [1.82, 2.24) is 15.2 Å². The van der Waals surface area contributed by atoms with E-state index in [4.69, 9.17) is 11.6 Å². The molecule has 0 spiro atoms. The monoisotopic (exact) mass is 265 g/mol. The normalized spacial score (nSPS) is 10.8. The minimum Gasteiger partial charge on any atom is -0.213 e. The van der Waals surface area contributed by atoms with Crippen LogP contribution in [0.2, 0.25) is 5.15 Å². The van der Waals surface area contributed by atoms with Gasteiger partial charge >= 0.3 is 0 Å². The van der Waals surface area contributed by atoms with Crippen molar-refractivity contribution in [2.75, 3.05) is 0 Å². The third-order valence-corrected chi connectivity index (χ3v) is 3.21. The van der Waals surface area contributed by atoms with Crippen molar-refractivity contribution in [2.24, 2.45) is 0 Å². The summed E-state index contributed by atoms with van der Waals surface area (Å²) >= 11 is 7.60. The number of hydrogen-bond donors (Lipinski definition) is 0. The van der Waals surface area contributed by atoms with Crippen molar-refractivity contribution in [3.63, 3.8) is 0 Å². The van der Waals surface area contributed by atoms with Crippen LogP contribution < -0.4 is 0 Å². The molecule has 3 nitrogen and oxygen atoms in total. The SMILES string of the molecule is CC(C)Sc1ccc(-c2nncc(Cl)n2)cc1. The maximum Gasteiger partial charge on any atom is 0.183 e. The topological polar surface area (TPSA) is 38.7 Å². The zero-order valence-corrected chi connectivity index (χ0v) is 11.2. The van der Waals surface area contributed by atoms with Crippen LogP contribution in [0.15, 0.2) is 35.4 Å². The Morgan fingerprint density at radius 2 is 1.88 bits per heavy atom. The summed E-state index contributed by atoms with van der Waals surface area (Å²) in [5.74, 6) is 0.554. The first-order valence-corrected chi connectivity index (χ1v) is 6.53. The van der Waals surface area contributed by atoms with Gasteiger partial charge in [-0.2, -0.15) is 5.10 Å². The fourth-order valence-electron chi connectivity index (χ4n) is 1.36. The lowest BCUT2D eigenvalue weighted by molar-refractivity contribution is 0.980. The number of benzene rings is 1. The van der Waals surface area contributed by atoms with E-state index in [0.29, 0.717) is 16.2 Å². The quantitative estimate of drug-likeness (QED) is 0.794. The van der Waals surface area contributed by atoms with E-state index in [1.807, 2.05) is 23.9 Å². The molecule has 0 aliphatic heterocycles. The van der Waals surface area contributed by atoms with Gasteiger partial charge in [0.1, 0.15) is 0 Å². The Bertz CT molecular complexity index is 499. The second kappa shape index (κ2) is 5.47. The predicted molar refractivity (Wildman–Crippen MR) is 71.3 cm³/mol. The van der Waals surface area contributed by atoms with E-state index < -0.39 is 0 Å². The number of hydrogen-bond acceptors (Lipinski definition) is 4. The first kappa shape index (κ1) is 12.3. The molecular formula is C12H12ClN3S. The van der Waals surface area contributed by atoms with Gasteiger partial charge in [-0.05, 0) is 12.1 Å². The molecule has 0 radical (unpaired) electrons. The largest absolute Gasteiger partial charge is 0.213 e. The zero-order chi connectivity index (χ0) is 12.3. The van der Waals surface area contributed by atoms with Crippen molar-refractivity contribution >= 4 is 23.4 Å². The van der Waals surface area contributed by atoms with Crippen LogP contribution in [0.25, 0.3) is 11.4 Å². The highest BCUT2D eigenvalue weighted by molar-refractivity contribution is 7.99. The molecule has 0 fully saturated rings. The summed E-state index contributed by atoms with van der Waals surface area (Å²) in [5.41, 5.74) is 0.924. The molecule has 0 aliphatic rings. The summed E-state index contributed by atoms with van der Waals surface area (Å²) in [7, 11) is 0. The van der Waals surface area contributed by atoms with Gasteiger partial charge in [-0.3, -0.25) is 0 Å². The first-order valence-electron chi connectivity index (χ1n) is 5.27. The van der Waals surface area contributed by atoms with Gasteiger partial charge in [0.15, 0.2) is 11.0 Å². The number of aromatic nitrogens is 3. The predicted octanol–water partition coefficient (Wildman–Crippen LogP) is 3.69. The van der Waals surface area contributed by atoms with Crippen LogP contribution in [-0.4, -0.2) is 20.4 Å². The number of halogens is 1. The minimum atomic E-state index is 0.357. The van der Waals surface area contributed by atoms with E-state index in [1.54, 1.807) is 0 Å². The summed E-state index contributed by atoms with van der Waals surface area (Å²) < 4.78 is 0. The number of rotatable bonds is 3. The molecule has 88 valence electrons. The van der Waals surface area contributed by atoms with Gasteiger partial charge in [0, 0.05) is 15.7 Å². The van der Waals surface area contributed by atoms with E-state index in [2.05, 4.69) is 41.2 Å². The average Bonchev–Trinajstić information content (AvgIpc) is 2.29. The van der Waals surface area contributed by atoms with E-state index >= 15 is 0 Å². The fraction of sp³-hybridized carbons (Fsp3) is 0.250. The number of nitrogens with zero attached hydrogens (tertiary/aromatic N) is 3. The van der Waals surface area contributed by atoms with E-state index in [9.17, 15) is 0 Å². The van der Waals surface area contributed by atoms with Crippen molar-refractivity contribution in [3.05, 3.63) is 35.6 Å². The van der Waals surface area contributed by atoms with Gasteiger partial charge < -0.3 is 0 Å². The Morgan fingerprint density at radius 1 is 1.18 bits per heavy atom. The highest BCUT2D eigenvalue weighted by Gasteiger charge is 2.04. The van der Waals surface area contributed by atoms with Gasteiger partial charge in [0.05, 0.1) is 6.20 Å². The highest BCUT2D eigenvalue weighted by Crippen LogP contribution is 2.25. The van der Waals surface area contributed by atoms with Crippen molar-refractivity contribution < 1.29 is 0 Å². The highest BCUT2D eigenvalue weighted by atomic mass is 35.5. The van der Waals surface area contributed by atoms with Crippen molar-refractivity contribution in [1.29, 1.82) is 0 Å². The average molecular weight is 266 g/mol. The molecule has 0 saturated heterocycles. The second-order valence-electron chi connectivity index (χ2n) is 3.79. The van der Waals surface area contributed by atoms with Gasteiger partial charge in [0.25, 0.3) is 0 Å². The summed E-state index contributed by atoms with van der Waals surface area (Å²) in [6, 6.07) is 8.09. The molecule has 0 saturated carbocycles. The van der Waals surface area contributed by atoms with E-state index in [0.717, 1.165) is 5.56 Å². The van der Waals surface area contributed by atoms with Crippen LogP contribution in [0.3, 0.4) is 0 Å².